The van der Waals surface area contributed by atoms with E-state index in [1.165, 1.54) is 0 Å². The molecule has 2 aromatic rings. The summed E-state index contributed by atoms with van der Waals surface area (Å²) < 4.78 is 11.2. The van der Waals surface area contributed by atoms with Gasteiger partial charge in [0.2, 0.25) is 0 Å². The van der Waals surface area contributed by atoms with Crippen LogP contribution in [0, 0.1) is 13.8 Å². The predicted octanol–water partition coefficient (Wildman–Crippen LogP) is 3.40. The fraction of sp³-hybridized carbons (Fsp3) is 0.357. The van der Waals surface area contributed by atoms with Gasteiger partial charge in [-0.25, -0.2) is 0 Å². The van der Waals surface area contributed by atoms with Crippen LogP contribution < -0.4 is 10.1 Å². The van der Waals surface area contributed by atoms with E-state index >= 15 is 0 Å². The first-order chi connectivity index (χ1) is 8.65. The van der Waals surface area contributed by atoms with Crippen molar-refractivity contribution in [2.24, 2.45) is 0 Å². The maximum Gasteiger partial charge on any atom is 0.295 e. The van der Waals surface area contributed by atoms with Crippen LogP contribution in [-0.4, -0.2) is 18.6 Å². The summed E-state index contributed by atoms with van der Waals surface area (Å²) in [6.07, 6.45) is 0. The molecule has 0 aliphatic carbocycles. The molecule has 0 saturated carbocycles. The number of aryl methyl sites for hydroxylation is 2. The maximum atomic E-state index is 5.64. The third kappa shape index (κ3) is 2.32. The number of benzene rings is 1. The SMILES string of the molecule is CCOc1ccc(-c2oc(NC)nc2C)cc1C. The molecule has 18 heavy (non-hydrogen) atoms. The van der Waals surface area contributed by atoms with Crippen LogP contribution in [0.25, 0.3) is 11.3 Å². The van der Waals surface area contributed by atoms with Gasteiger partial charge in [-0.15, -0.1) is 0 Å². The molecule has 1 aromatic carbocycles. The summed E-state index contributed by atoms with van der Waals surface area (Å²) in [6, 6.07) is 6.55. The number of anilines is 1. The van der Waals surface area contributed by atoms with E-state index in [2.05, 4.69) is 16.4 Å². The Morgan fingerprint density at radius 2 is 2.11 bits per heavy atom. The minimum atomic E-state index is 0.536. The van der Waals surface area contributed by atoms with E-state index in [4.69, 9.17) is 9.15 Å². The van der Waals surface area contributed by atoms with Crippen molar-refractivity contribution in [1.82, 2.24) is 4.98 Å². The zero-order chi connectivity index (χ0) is 13.1. The van der Waals surface area contributed by atoms with Gasteiger partial charge in [-0.2, -0.15) is 4.98 Å². The lowest BCUT2D eigenvalue weighted by Gasteiger charge is -2.08. The first-order valence-corrected chi connectivity index (χ1v) is 6.04. The molecule has 0 aliphatic rings. The minimum absolute atomic E-state index is 0.536. The van der Waals surface area contributed by atoms with Crippen molar-refractivity contribution in [2.75, 3.05) is 19.0 Å². The number of ether oxygens (including phenoxy) is 1. The maximum absolute atomic E-state index is 5.64. The number of rotatable bonds is 4. The molecule has 1 heterocycles. The Morgan fingerprint density at radius 3 is 2.67 bits per heavy atom. The van der Waals surface area contributed by atoms with Gasteiger partial charge in [0.25, 0.3) is 6.01 Å². The number of oxazole rings is 1. The third-order valence-electron chi connectivity index (χ3n) is 2.75. The molecule has 1 aromatic heterocycles. The van der Waals surface area contributed by atoms with Crippen LogP contribution in [0.3, 0.4) is 0 Å². The van der Waals surface area contributed by atoms with Crippen molar-refractivity contribution in [1.29, 1.82) is 0 Å². The van der Waals surface area contributed by atoms with E-state index in [0.717, 1.165) is 28.3 Å². The van der Waals surface area contributed by atoms with Crippen molar-refractivity contribution >= 4 is 6.01 Å². The number of nitrogens with one attached hydrogen (secondary N) is 1. The highest BCUT2D eigenvalue weighted by Gasteiger charge is 2.12. The summed E-state index contributed by atoms with van der Waals surface area (Å²) in [7, 11) is 1.79. The van der Waals surface area contributed by atoms with E-state index in [0.29, 0.717) is 12.6 Å². The van der Waals surface area contributed by atoms with Gasteiger partial charge in [0.1, 0.15) is 5.75 Å². The smallest absolute Gasteiger partial charge is 0.295 e. The number of hydrogen-bond acceptors (Lipinski definition) is 4. The van der Waals surface area contributed by atoms with E-state index in [1.54, 1.807) is 7.05 Å². The first kappa shape index (κ1) is 12.5. The molecule has 1 N–H and O–H groups in total. The molecule has 0 radical (unpaired) electrons. The number of hydrogen-bond donors (Lipinski definition) is 1. The summed E-state index contributed by atoms with van der Waals surface area (Å²) in [5.74, 6) is 1.71. The van der Waals surface area contributed by atoms with Gasteiger partial charge in [-0.1, -0.05) is 0 Å². The van der Waals surface area contributed by atoms with Crippen LogP contribution in [-0.2, 0) is 0 Å². The zero-order valence-electron chi connectivity index (χ0n) is 11.2. The van der Waals surface area contributed by atoms with Crippen LogP contribution in [0.5, 0.6) is 5.75 Å². The van der Waals surface area contributed by atoms with Gasteiger partial charge in [0, 0.05) is 12.6 Å². The molecule has 2 rings (SSSR count). The van der Waals surface area contributed by atoms with Crippen molar-refractivity contribution in [2.45, 2.75) is 20.8 Å². The fourth-order valence-corrected chi connectivity index (χ4v) is 1.88. The molecule has 0 spiro atoms. The summed E-state index contributed by atoms with van der Waals surface area (Å²) in [6.45, 7) is 6.61. The molecule has 0 fully saturated rings. The Labute approximate surface area is 107 Å². The van der Waals surface area contributed by atoms with Gasteiger partial charge < -0.3 is 14.5 Å². The van der Waals surface area contributed by atoms with Crippen LogP contribution >= 0.6 is 0 Å². The second-order valence-electron chi connectivity index (χ2n) is 4.10. The average Bonchev–Trinajstić information content (AvgIpc) is 2.73. The zero-order valence-corrected chi connectivity index (χ0v) is 11.2. The Balaban J connectivity index is 2.38. The van der Waals surface area contributed by atoms with Crippen LogP contribution in [0.15, 0.2) is 22.6 Å². The van der Waals surface area contributed by atoms with Gasteiger partial charge in [0.05, 0.1) is 12.3 Å². The van der Waals surface area contributed by atoms with E-state index in [1.807, 2.05) is 32.9 Å². The molecular weight excluding hydrogens is 228 g/mol. The van der Waals surface area contributed by atoms with Gasteiger partial charge in [-0.3, -0.25) is 0 Å². The van der Waals surface area contributed by atoms with Gasteiger partial charge in [-0.05, 0) is 44.5 Å². The average molecular weight is 246 g/mol. The topological polar surface area (TPSA) is 47.3 Å². The normalized spacial score (nSPS) is 10.4. The Hall–Kier alpha value is -1.97. The molecular formula is C14H18N2O2. The molecule has 96 valence electrons. The van der Waals surface area contributed by atoms with E-state index in [9.17, 15) is 0 Å². The Morgan fingerprint density at radius 1 is 1.33 bits per heavy atom. The van der Waals surface area contributed by atoms with E-state index in [-0.39, 0.29) is 0 Å². The second kappa shape index (κ2) is 5.12. The summed E-state index contributed by atoms with van der Waals surface area (Å²) in [4.78, 5) is 4.28. The highest BCUT2D eigenvalue weighted by Crippen LogP contribution is 2.30. The third-order valence-corrected chi connectivity index (χ3v) is 2.75. The van der Waals surface area contributed by atoms with Crippen LogP contribution in [0.2, 0.25) is 0 Å². The standard InChI is InChI=1S/C14H18N2O2/c1-5-17-12-7-6-11(8-9(12)2)13-10(3)16-14(15-4)18-13/h6-8H,5H2,1-4H3,(H,15,16). The largest absolute Gasteiger partial charge is 0.494 e. The highest BCUT2D eigenvalue weighted by molar-refractivity contribution is 5.63. The molecule has 0 amide bonds. The Bertz CT molecular complexity index is 547. The van der Waals surface area contributed by atoms with E-state index < -0.39 is 0 Å². The quantitative estimate of drug-likeness (QED) is 0.898. The van der Waals surface area contributed by atoms with Crippen molar-refractivity contribution in [3.63, 3.8) is 0 Å². The summed E-state index contributed by atoms with van der Waals surface area (Å²) in [5.41, 5.74) is 2.99. The lowest BCUT2D eigenvalue weighted by atomic mass is 10.1. The summed E-state index contributed by atoms with van der Waals surface area (Å²) in [5, 5.41) is 2.90. The lowest BCUT2D eigenvalue weighted by Crippen LogP contribution is -1.94. The monoisotopic (exact) mass is 246 g/mol. The van der Waals surface area contributed by atoms with Gasteiger partial charge in [0.15, 0.2) is 5.76 Å². The molecule has 0 saturated heterocycles. The fourth-order valence-electron chi connectivity index (χ4n) is 1.88. The van der Waals surface area contributed by atoms with Gasteiger partial charge >= 0.3 is 0 Å². The molecule has 4 nitrogen and oxygen atoms in total. The predicted molar refractivity (Wildman–Crippen MR) is 72.1 cm³/mol. The molecule has 0 unspecified atom stereocenters. The highest BCUT2D eigenvalue weighted by atomic mass is 16.5. The number of nitrogens with zero attached hydrogens (tertiary/aromatic N) is 1. The minimum Gasteiger partial charge on any atom is -0.494 e. The second-order valence-corrected chi connectivity index (χ2v) is 4.10. The molecule has 0 aliphatic heterocycles. The van der Waals surface area contributed by atoms with Crippen molar-refractivity contribution in [3.05, 3.63) is 29.5 Å². The van der Waals surface area contributed by atoms with Crippen LogP contribution in [0.1, 0.15) is 18.2 Å². The molecule has 0 atom stereocenters. The summed E-state index contributed by atoms with van der Waals surface area (Å²) >= 11 is 0. The van der Waals surface area contributed by atoms with Crippen molar-refractivity contribution < 1.29 is 9.15 Å². The van der Waals surface area contributed by atoms with Crippen molar-refractivity contribution in [3.8, 4) is 17.1 Å². The molecule has 4 heteroatoms. The lowest BCUT2D eigenvalue weighted by molar-refractivity contribution is 0.338. The first-order valence-electron chi connectivity index (χ1n) is 6.04. The Kier molecular flexibility index (Phi) is 3.55. The van der Waals surface area contributed by atoms with Crippen LogP contribution in [0.4, 0.5) is 6.01 Å². The molecule has 0 bridgehead atoms. The number of aromatic nitrogens is 1.